The summed E-state index contributed by atoms with van der Waals surface area (Å²) < 4.78 is 0. The van der Waals surface area contributed by atoms with E-state index in [0.717, 1.165) is 12.0 Å². The molecule has 0 amide bonds. The molecule has 2 heteroatoms. The third kappa shape index (κ3) is 1.06. The lowest BCUT2D eigenvalue weighted by atomic mass is 9.99. The van der Waals surface area contributed by atoms with Crippen LogP contribution in [0.4, 0.5) is 0 Å². The first-order chi connectivity index (χ1) is 4.86. The van der Waals surface area contributed by atoms with Crippen LogP contribution >= 0.6 is 0 Å². The standard InChI is InChI=1S/C8H16N2/c1-7-5-10(6-7)8-2-3-9-4-8/h7-9H,2-6H2,1H3/t8-/m1/s1. The van der Waals surface area contributed by atoms with Crippen LogP contribution in [-0.4, -0.2) is 37.1 Å². The van der Waals surface area contributed by atoms with Crippen LogP contribution in [0, 0.1) is 5.92 Å². The van der Waals surface area contributed by atoms with Gasteiger partial charge in [0.2, 0.25) is 0 Å². The topological polar surface area (TPSA) is 15.3 Å². The van der Waals surface area contributed by atoms with Crippen molar-refractivity contribution in [3.8, 4) is 0 Å². The van der Waals surface area contributed by atoms with Crippen LogP contribution in [-0.2, 0) is 0 Å². The molecule has 2 aliphatic rings. The Kier molecular flexibility index (Phi) is 1.66. The Morgan fingerprint density at radius 1 is 1.40 bits per heavy atom. The van der Waals surface area contributed by atoms with Crippen LogP contribution in [0.3, 0.4) is 0 Å². The van der Waals surface area contributed by atoms with Crippen molar-refractivity contribution in [3.63, 3.8) is 0 Å². The van der Waals surface area contributed by atoms with Crippen molar-refractivity contribution in [2.45, 2.75) is 19.4 Å². The predicted octanol–water partition coefficient (Wildman–Crippen LogP) is 0.300. The van der Waals surface area contributed by atoms with Crippen LogP contribution in [0.15, 0.2) is 0 Å². The minimum absolute atomic E-state index is 0.871. The van der Waals surface area contributed by atoms with Crippen LogP contribution in [0.1, 0.15) is 13.3 Å². The number of nitrogens with one attached hydrogen (secondary N) is 1. The largest absolute Gasteiger partial charge is 0.315 e. The molecule has 58 valence electrons. The monoisotopic (exact) mass is 140 g/mol. The third-order valence-corrected chi connectivity index (χ3v) is 2.64. The van der Waals surface area contributed by atoms with Gasteiger partial charge in [0.15, 0.2) is 0 Å². The van der Waals surface area contributed by atoms with E-state index in [2.05, 4.69) is 17.1 Å². The van der Waals surface area contributed by atoms with Crippen LogP contribution in [0.25, 0.3) is 0 Å². The Morgan fingerprint density at radius 2 is 2.20 bits per heavy atom. The second-order valence-electron chi connectivity index (χ2n) is 3.71. The average molecular weight is 140 g/mol. The fraction of sp³-hybridized carbons (Fsp3) is 1.00. The lowest BCUT2D eigenvalue weighted by Crippen LogP contribution is -2.51. The van der Waals surface area contributed by atoms with Gasteiger partial charge in [0.05, 0.1) is 0 Å². The van der Waals surface area contributed by atoms with E-state index < -0.39 is 0 Å². The van der Waals surface area contributed by atoms with E-state index in [1.165, 1.54) is 32.6 Å². The van der Waals surface area contributed by atoms with E-state index in [1.54, 1.807) is 0 Å². The molecule has 0 bridgehead atoms. The van der Waals surface area contributed by atoms with Gasteiger partial charge >= 0.3 is 0 Å². The smallest absolute Gasteiger partial charge is 0.0232 e. The van der Waals surface area contributed by atoms with Gasteiger partial charge in [-0.1, -0.05) is 6.92 Å². The molecular formula is C8H16N2. The summed E-state index contributed by atoms with van der Waals surface area (Å²) in [7, 11) is 0. The minimum Gasteiger partial charge on any atom is -0.315 e. The van der Waals surface area contributed by atoms with Crippen molar-refractivity contribution < 1.29 is 0 Å². The molecule has 2 rings (SSSR count). The molecule has 0 aromatic heterocycles. The Bertz CT molecular complexity index is 112. The molecule has 10 heavy (non-hydrogen) atoms. The first-order valence-corrected chi connectivity index (χ1v) is 4.31. The first-order valence-electron chi connectivity index (χ1n) is 4.31. The molecule has 2 aliphatic heterocycles. The Balaban J connectivity index is 1.78. The lowest BCUT2D eigenvalue weighted by Gasteiger charge is -2.41. The highest BCUT2D eigenvalue weighted by Crippen LogP contribution is 2.20. The lowest BCUT2D eigenvalue weighted by molar-refractivity contribution is 0.0711. The summed E-state index contributed by atoms with van der Waals surface area (Å²) >= 11 is 0. The van der Waals surface area contributed by atoms with Crippen LogP contribution in [0.5, 0.6) is 0 Å². The van der Waals surface area contributed by atoms with Gasteiger partial charge in [0, 0.05) is 25.7 Å². The SMILES string of the molecule is CC1CN([C@@H]2CCNC2)C1. The van der Waals surface area contributed by atoms with Gasteiger partial charge in [-0.2, -0.15) is 0 Å². The van der Waals surface area contributed by atoms with Gasteiger partial charge < -0.3 is 5.32 Å². The molecule has 2 fully saturated rings. The molecule has 0 saturated carbocycles. The summed E-state index contributed by atoms with van der Waals surface area (Å²) in [6.07, 6.45) is 1.37. The molecule has 0 radical (unpaired) electrons. The predicted molar refractivity (Wildman–Crippen MR) is 42.0 cm³/mol. The second-order valence-corrected chi connectivity index (χ2v) is 3.71. The van der Waals surface area contributed by atoms with Crippen LogP contribution < -0.4 is 5.32 Å². The summed E-state index contributed by atoms with van der Waals surface area (Å²) in [5, 5.41) is 3.39. The van der Waals surface area contributed by atoms with Gasteiger partial charge in [0.25, 0.3) is 0 Å². The highest BCUT2D eigenvalue weighted by Gasteiger charge is 2.30. The Hall–Kier alpha value is -0.0800. The number of hydrogen-bond acceptors (Lipinski definition) is 2. The maximum Gasteiger partial charge on any atom is 0.0232 e. The number of nitrogens with zero attached hydrogens (tertiary/aromatic N) is 1. The zero-order valence-electron chi connectivity index (χ0n) is 6.64. The molecule has 0 unspecified atom stereocenters. The summed E-state index contributed by atoms with van der Waals surface area (Å²) in [5.74, 6) is 0.959. The molecule has 0 aliphatic carbocycles. The Labute approximate surface area is 62.6 Å². The van der Waals surface area contributed by atoms with Crippen molar-refractivity contribution in [2.75, 3.05) is 26.2 Å². The number of rotatable bonds is 1. The summed E-state index contributed by atoms with van der Waals surface area (Å²) in [4.78, 5) is 2.60. The minimum atomic E-state index is 0.871. The zero-order chi connectivity index (χ0) is 6.97. The maximum absolute atomic E-state index is 3.39. The van der Waals surface area contributed by atoms with E-state index in [0.29, 0.717) is 0 Å². The third-order valence-electron chi connectivity index (χ3n) is 2.64. The summed E-state index contributed by atoms with van der Waals surface area (Å²) in [6, 6.07) is 0.871. The highest BCUT2D eigenvalue weighted by atomic mass is 15.2. The van der Waals surface area contributed by atoms with Crippen LogP contribution in [0.2, 0.25) is 0 Å². The van der Waals surface area contributed by atoms with E-state index in [1.807, 2.05) is 0 Å². The van der Waals surface area contributed by atoms with Gasteiger partial charge in [0.1, 0.15) is 0 Å². The van der Waals surface area contributed by atoms with Gasteiger partial charge in [-0.25, -0.2) is 0 Å². The normalized spacial score (nSPS) is 36.3. The molecule has 2 heterocycles. The van der Waals surface area contributed by atoms with E-state index >= 15 is 0 Å². The summed E-state index contributed by atoms with van der Waals surface area (Å²) in [5.41, 5.74) is 0. The first kappa shape index (κ1) is 6.62. The molecule has 1 N–H and O–H groups in total. The zero-order valence-corrected chi connectivity index (χ0v) is 6.64. The Morgan fingerprint density at radius 3 is 2.70 bits per heavy atom. The van der Waals surface area contributed by atoms with Gasteiger partial charge in [-0.15, -0.1) is 0 Å². The quantitative estimate of drug-likeness (QED) is 0.563. The molecule has 2 nitrogen and oxygen atoms in total. The van der Waals surface area contributed by atoms with Crippen molar-refractivity contribution >= 4 is 0 Å². The van der Waals surface area contributed by atoms with Gasteiger partial charge in [-0.05, 0) is 18.9 Å². The second kappa shape index (κ2) is 2.51. The van der Waals surface area contributed by atoms with Crippen molar-refractivity contribution in [3.05, 3.63) is 0 Å². The molecular weight excluding hydrogens is 124 g/mol. The van der Waals surface area contributed by atoms with E-state index in [9.17, 15) is 0 Å². The van der Waals surface area contributed by atoms with E-state index in [-0.39, 0.29) is 0 Å². The molecule has 0 aromatic carbocycles. The fourth-order valence-corrected chi connectivity index (χ4v) is 2.00. The summed E-state index contributed by atoms with van der Waals surface area (Å²) in [6.45, 7) is 7.47. The molecule has 1 atom stereocenters. The molecule has 0 spiro atoms. The molecule has 2 saturated heterocycles. The van der Waals surface area contributed by atoms with Gasteiger partial charge in [-0.3, -0.25) is 4.90 Å². The maximum atomic E-state index is 3.39. The van der Waals surface area contributed by atoms with Crippen molar-refractivity contribution in [1.82, 2.24) is 10.2 Å². The fourth-order valence-electron chi connectivity index (χ4n) is 2.00. The average Bonchev–Trinajstić information content (AvgIpc) is 2.31. The van der Waals surface area contributed by atoms with E-state index in [4.69, 9.17) is 0 Å². The molecule has 0 aromatic rings. The number of hydrogen-bond donors (Lipinski definition) is 1. The van der Waals surface area contributed by atoms with Crippen molar-refractivity contribution in [1.29, 1.82) is 0 Å². The highest BCUT2D eigenvalue weighted by molar-refractivity contribution is 4.87. The van der Waals surface area contributed by atoms with Crippen molar-refractivity contribution in [2.24, 2.45) is 5.92 Å². The number of likely N-dealkylation sites (tertiary alicyclic amines) is 1.